The summed E-state index contributed by atoms with van der Waals surface area (Å²) in [6.07, 6.45) is -0.467. The van der Waals surface area contributed by atoms with E-state index < -0.39 is 11.7 Å². The summed E-state index contributed by atoms with van der Waals surface area (Å²) in [4.78, 5) is 24.3. The van der Waals surface area contributed by atoms with Gasteiger partial charge in [0.25, 0.3) is 5.91 Å². The lowest BCUT2D eigenvalue weighted by molar-refractivity contribution is 0.0523. The molecule has 2 rings (SSSR count). The van der Waals surface area contributed by atoms with Gasteiger partial charge in [0.1, 0.15) is 5.60 Å². The number of amides is 2. The topological polar surface area (TPSA) is 70.7 Å². The van der Waals surface area contributed by atoms with Crippen molar-refractivity contribution in [3.63, 3.8) is 0 Å². The largest absolute Gasteiger partial charge is 0.444 e. The molecule has 2 N–H and O–H groups in total. The molecule has 0 aliphatic rings. The van der Waals surface area contributed by atoms with E-state index in [1.165, 1.54) is 5.56 Å². The number of hydrazine groups is 1. The van der Waals surface area contributed by atoms with Crippen LogP contribution in [-0.4, -0.2) is 24.1 Å². The number of rotatable bonds is 6. The Kier molecular flexibility index (Phi) is 7.04. The van der Waals surface area contributed by atoms with Gasteiger partial charge >= 0.3 is 6.09 Å². The van der Waals surface area contributed by atoms with Crippen LogP contribution in [-0.2, 0) is 11.3 Å². The third-order valence-electron chi connectivity index (χ3n) is 3.95. The fourth-order valence-electron chi connectivity index (χ4n) is 2.50. The summed E-state index contributed by atoms with van der Waals surface area (Å²) < 4.78 is 5.21. The molecular weight excluding hydrogens is 354 g/mol. The summed E-state index contributed by atoms with van der Waals surface area (Å²) in [5, 5.41) is 4.51. The fraction of sp³-hybridized carbons (Fsp3) is 0.364. The van der Waals surface area contributed by atoms with E-state index in [9.17, 15) is 9.59 Å². The standard InChI is InChI=1S/C22H29N3O3/c1-6-25(19-13-7-16(2)8-14-19)24-20(26)18-11-9-17(10-12-18)15-23-21(27)28-22(3,4)5/h7-14H,6,15H2,1-5H3,(H,23,27)(H,24,26). The molecule has 0 radical (unpaired) electrons. The van der Waals surface area contributed by atoms with Gasteiger partial charge in [-0.1, -0.05) is 29.8 Å². The summed E-state index contributed by atoms with van der Waals surface area (Å²) in [6, 6.07) is 15.1. The maximum atomic E-state index is 12.5. The molecule has 6 heteroatoms. The first-order valence-electron chi connectivity index (χ1n) is 9.39. The molecule has 28 heavy (non-hydrogen) atoms. The lowest BCUT2D eigenvalue weighted by Crippen LogP contribution is -2.42. The van der Waals surface area contributed by atoms with Crippen LogP contribution < -0.4 is 15.8 Å². The molecule has 0 aliphatic heterocycles. The van der Waals surface area contributed by atoms with Gasteiger partial charge < -0.3 is 10.1 Å². The number of alkyl carbamates (subject to hydrolysis) is 1. The first kappa shape index (κ1) is 21.3. The molecule has 0 saturated carbocycles. The second-order valence-corrected chi connectivity index (χ2v) is 7.57. The third kappa shape index (κ3) is 6.61. The van der Waals surface area contributed by atoms with Gasteiger partial charge in [0.15, 0.2) is 0 Å². The van der Waals surface area contributed by atoms with E-state index in [1.807, 2.05) is 71.0 Å². The molecule has 2 amide bonds. The Hall–Kier alpha value is -3.02. The molecule has 0 atom stereocenters. The Labute approximate surface area is 166 Å². The number of carbonyl (C=O) groups is 2. The summed E-state index contributed by atoms with van der Waals surface area (Å²) in [5.41, 5.74) is 5.91. The Morgan fingerprint density at radius 3 is 2.14 bits per heavy atom. The van der Waals surface area contributed by atoms with Gasteiger partial charge in [0, 0.05) is 18.7 Å². The van der Waals surface area contributed by atoms with E-state index in [0.29, 0.717) is 18.7 Å². The minimum Gasteiger partial charge on any atom is -0.444 e. The van der Waals surface area contributed by atoms with E-state index in [1.54, 1.807) is 17.1 Å². The molecule has 150 valence electrons. The van der Waals surface area contributed by atoms with Crippen LogP contribution in [0.3, 0.4) is 0 Å². The van der Waals surface area contributed by atoms with Crippen molar-refractivity contribution in [1.29, 1.82) is 0 Å². The van der Waals surface area contributed by atoms with Gasteiger partial charge in [-0.25, -0.2) is 4.79 Å². The molecule has 2 aromatic carbocycles. The van der Waals surface area contributed by atoms with E-state index in [0.717, 1.165) is 11.3 Å². The predicted octanol–water partition coefficient (Wildman–Crippen LogP) is 4.19. The number of hydrogen-bond donors (Lipinski definition) is 2. The first-order valence-corrected chi connectivity index (χ1v) is 9.39. The normalized spacial score (nSPS) is 10.9. The quantitative estimate of drug-likeness (QED) is 0.734. The van der Waals surface area contributed by atoms with Crippen LogP contribution in [0.2, 0.25) is 0 Å². The van der Waals surface area contributed by atoms with Gasteiger partial charge in [-0.05, 0) is 64.4 Å². The lowest BCUT2D eigenvalue weighted by atomic mass is 10.1. The smallest absolute Gasteiger partial charge is 0.407 e. The lowest BCUT2D eigenvalue weighted by Gasteiger charge is -2.24. The molecule has 0 heterocycles. The second-order valence-electron chi connectivity index (χ2n) is 7.57. The van der Waals surface area contributed by atoms with Crippen molar-refractivity contribution >= 4 is 17.7 Å². The highest BCUT2D eigenvalue weighted by atomic mass is 16.6. The van der Waals surface area contributed by atoms with Crippen LogP contribution in [0, 0.1) is 6.92 Å². The minimum absolute atomic E-state index is 0.186. The van der Waals surface area contributed by atoms with E-state index >= 15 is 0 Å². The predicted molar refractivity (Wildman–Crippen MR) is 111 cm³/mol. The first-order chi connectivity index (χ1) is 13.2. The number of carbonyl (C=O) groups excluding carboxylic acids is 2. The fourth-order valence-corrected chi connectivity index (χ4v) is 2.50. The van der Waals surface area contributed by atoms with Crippen LogP contribution >= 0.6 is 0 Å². The number of hydrogen-bond acceptors (Lipinski definition) is 4. The van der Waals surface area contributed by atoms with Crippen LogP contribution in [0.25, 0.3) is 0 Å². The van der Waals surface area contributed by atoms with E-state index in [2.05, 4.69) is 10.7 Å². The van der Waals surface area contributed by atoms with Crippen molar-refractivity contribution in [2.24, 2.45) is 0 Å². The molecule has 0 fully saturated rings. The zero-order valence-corrected chi connectivity index (χ0v) is 17.2. The number of ether oxygens (including phenoxy) is 1. The molecular formula is C22H29N3O3. The van der Waals surface area contributed by atoms with Crippen molar-refractivity contribution in [1.82, 2.24) is 10.7 Å². The van der Waals surface area contributed by atoms with Crippen molar-refractivity contribution in [3.05, 3.63) is 65.2 Å². The maximum Gasteiger partial charge on any atom is 0.407 e. The average molecular weight is 383 g/mol. The molecule has 0 saturated heterocycles. The average Bonchev–Trinajstić information content (AvgIpc) is 2.64. The summed E-state index contributed by atoms with van der Waals surface area (Å²) in [7, 11) is 0. The second kappa shape index (κ2) is 9.26. The Morgan fingerprint density at radius 2 is 1.61 bits per heavy atom. The van der Waals surface area contributed by atoms with Gasteiger partial charge in [0.05, 0.1) is 5.69 Å². The van der Waals surface area contributed by atoms with Gasteiger partial charge in [-0.3, -0.25) is 15.2 Å². The number of anilines is 1. The summed E-state index contributed by atoms with van der Waals surface area (Å²) in [6.45, 7) is 10.4. The van der Waals surface area contributed by atoms with Crippen molar-refractivity contribution in [2.45, 2.75) is 46.8 Å². The van der Waals surface area contributed by atoms with Crippen LogP contribution in [0.4, 0.5) is 10.5 Å². The van der Waals surface area contributed by atoms with Gasteiger partial charge in [-0.2, -0.15) is 0 Å². The SMILES string of the molecule is CCN(NC(=O)c1ccc(CNC(=O)OC(C)(C)C)cc1)c1ccc(C)cc1. The number of benzene rings is 2. The molecule has 0 aromatic heterocycles. The van der Waals surface area contributed by atoms with Gasteiger partial charge in [-0.15, -0.1) is 0 Å². The number of nitrogens with one attached hydrogen (secondary N) is 2. The highest BCUT2D eigenvalue weighted by molar-refractivity contribution is 5.95. The zero-order chi connectivity index (χ0) is 20.7. The maximum absolute atomic E-state index is 12.5. The molecule has 0 bridgehead atoms. The number of nitrogens with zero attached hydrogens (tertiary/aromatic N) is 1. The van der Waals surface area contributed by atoms with Crippen molar-refractivity contribution in [2.75, 3.05) is 11.6 Å². The van der Waals surface area contributed by atoms with Crippen LogP contribution in [0.5, 0.6) is 0 Å². The Balaban J connectivity index is 1.93. The summed E-state index contributed by atoms with van der Waals surface area (Å²) in [5.74, 6) is -0.186. The Morgan fingerprint density at radius 1 is 1.00 bits per heavy atom. The molecule has 6 nitrogen and oxygen atoms in total. The van der Waals surface area contributed by atoms with Crippen molar-refractivity contribution < 1.29 is 14.3 Å². The number of aryl methyl sites for hydroxylation is 1. The van der Waals surface area contributed by atoms with E-state index in [-0.39, 0.29) is 5.91 Å². The highest BCUT2D eigenvalue weighted by Gasteiger charge is 2.16. The molecule has 0 unspecified atom stereocenters. The van der Waals surface area contributed by atoms with E-state index in [4.69, 9.17) is 4.74 Å². The minimum atomic E-state index is -0.533. The van der Waals surface area contributed by atoms with Crippen LogP contribution in [0.1, 0.15) is 49.2 Å². The molecule has 2 aromatic rings. The van der Waals surface area contributed by atoms with Crippen LogP contribution in [0.15, 0.2) is 48.5 Å². The van der Waals surface area contributed by atoms with Crippen molar-refractivity contribution in [3.8, 4) is 0 Å². The molecule has 0 aliphatic carbocycles. The monoisotopic (exact) mass is 383 g/mol. The Bertz CT molecular complexity index is 793. The summed E-state index contributed by atoms with van der Waals surface area (Å²) >= 11 is 0. The molecule has 0 spiro atoms. The third-order valence-corrected chi connectivity index (χ3v) is 3.95. The highest BCUT2D eigenvalue weighted by Crippen LogP contribution is 2.14. The van der Waals surface area contributed by atoms with Gasteiger partial charge in [0.2, 0.25) is 0 Å². The zero-order valence-electron chi connectivity index (χ0n) is 17.2.